The van der Waals surface area contributed by atoms with Crippen LogP contribution in [-0.4, -0.2) is 158 Å². The summed E-state index contributed by atoms with van der Waals surface area (Å²) in [4.78, 5) is 178. The van der Waals surface area contributed by atoms with Gasteiger partial charge in [-0.1, -0.05) is 30.3 Å². The fourth-order valence-corrected chi connectivity index (χ4v) is 8.11. The maximum atomic E-state index is 14.5. The van der Waals surface area contributed by atoms with Gasteiger partial charge in [-0.3, -0.25) is 33.6 Å². The van der Waals surface area contributed by atoms with Gasteiger partial charge in [0.15, 0.2) is 0 Å². The average Bonchev–Trinajstić information content (AvgIpc) is 0.888. The van der Waals surface area contributed by atoms with Crippen molar-refractivity contribution in [3.05, 3.63) is 35.9 Å². The lowest BCUT2D eigenvalue weighted by Gasteiger charge is -2.31. The molecule has 526 valence electrons. The molecule has 0 saturated carbocycles. The van der Waals surface area contributed by atoms with E-state index in [9.17, 15) is 62.3 Å². The third-order valence-corrected chi connectivity index (χ3v) is 11.8. The largest absolute Gasteiger partial charge is 0.460 e. The fourth-order valence-electron chi connectivity index (χ4n) is 8.11. The first-order valence-electron chi connectivity index (χ1n) is 31.3. The van der Waals surface area contributed by atoms with Crippen LogP contribution in [-0.2, 0) is 102 Å². The molecule has 0 unspecified atom stereocenters. The average molecular weight is 1320 g/mol. The number of carbonyl (C=O) groups is 13. The van der Waals surface area contributed by atoms with E-state index in [2.05, 4.69) is 21.3 Å². The van der Waals surface area contributed by atoms with E-state index in [-0.39, 0.29) is 25.9 Å². The van der Waals surface area contributed by atoms with Crippen LogP contribution < -0.4 is 27.0 Å². The zero-order chi connectivity index (χ0) is 71.8. The highest BCUT2D eigenvalue weighted by atomic mass is 16.6. The summed E-state index contributed by atoms with van der Waals surface area (Å²) in [7, 11) is 0. The molecule has 6 atom stereocenters. The molecular formula is C66H106N6O21. The van der Waals surface area contributed by atoms with E-state index in [1.807, 2.05) is 0 Å². The number of benzene rings is 1. The number of esters is 7. The molecule has 0 aliphatic carbocycles. The molecule has 0 aromatic heterocycles. The molecule has 0 aliphatic heterocycles. The van der Waals surface area contributed by atoms with E-state index in [1.165, 1.54) is 0 Å². The van der Waals surface area contributed by atoms with E-state index < -0.39 is 211 Å². The minimum Gasteiger partial charge on any atom is -0.460 e. The molecule has 0 radical (unpaired) electrons. The van der Waals surface area contributed by atoms with E-state index in [0.29, 0.717) is 10.5 Å². The zero-order valence-corrected chi connectivity index (χ0v) is 58.6. The van der Waals surface area contributed by atoms with Crippen molar-refractivity contribution in [1.29, 1.82) is 0 Å². The van der Waals surface area contributed by atoms with Gasteiger partial charge in [0.2, 0.25) is 29.5 Å². The van der Waals surface area contributed by atoms with Gasteiger partial charge in [0, 0.05) is 38.5 Å². The van der Waals surface area contributed by atoms with Crippen LogP contribution in [0.2, 0.25) is 0 Å². The normalized spacial score (nSPS) is 14.1. The molecular weight excluding hydrogens is 1210 g/mol. The molecule has 0 aliphatic rings. The number of nitrogens with two attached hydrogens (primary N) is 1. The van der Waals surface area contributed by atoms with E-state index >= 15 is 0 Å². The monoisotopic (exact) mass is 1320 g/mol. The Hall–Kier alpha value is -7.71. The third kappa shape index (κ3) is 38.2. The standard InChI is InChI=1S/C66H106N6O21/c1-60(2,3)87-52(78)38-32-46(58(84)93-66(19,20)21)72(59(85)86-39-40-25-23-22-24-26-40)51(77)37-31-45(57(83)92-65(16,17)18)71-50(76)36-30-44(56(82)91-64(13,14)15)70-49(75)35-29-43(55(81)90-63(10,11)12)69-48(74)34-28-42(54(80)89-62(7,8)9)68-47(73)33-27-41(67)53(79)88-61(4,5)6/h22-26,41-46H,27-39,67H2,1-21H3,(H,68,73)(H,69,74)(H,70,75)(H,71,76)/t41-,42-,43-,44-,45-,46-/m0/s1. The molecule has 6 amide bonds. The molecule has 0 fully saturated rings. The molecule has 27 nitrogen and oxygen atoms in total. The van der Waals surface area contributed by atoms with Crippen molar-refractivity contribution < 1.29 is 100 Å². The molecule has 1 aromatic rings. The number of imide groups is 1. The van der Waals surface area contributed by atoms with Crippen LogP contribution in [0.25, 0.3) is 0 Å². The van der Waals surface area contributed by atoms with E-state index in [0.717, 1.165) is 0 Å². The van der Waals surface area contributed by atoms with Crippen LogP contribution in [0.1, 0.15) is 228 Å². The maximum absolute atomic E-state index is 14.5. The fraction of sp³-hybridized carbons (Fsp3) is 0.712. The van der Waals surface area contributed by atoms with E-state index in [1.54, 1.807) is 176 Å². The Morgan fingerprint density at radius 2 is 0.656 bits per heavy atom. The molecule has 27 heteroatoms. The molecule has 93 heavy (non-hydrogen) atoms. The second-order valence-electron chi connectivity index (χ2n) is 29.4. The van der Waals surface area contributed by atoms with Gasteiger partial charge in [-0.25, -0.2) is 33.7 Å². The lowest BCUT2D eigenvalue weighted by Crippen LogP contribution is -2.51. The predicted molar refractivity (Wildman–Crippen MR) is 339 cm³/mol. The molecule has 0 heterocycles. The van der Waals surface area contributed by atoms with Gasteiger partial charge in [-0.05, 0) is 189 Å². The van der Waals surface area contributed by atoms with Crippen molar-refractivity contribution in [3.63, 3.8) is 0 Å². The van der Waals surface area contributed by atoms with Crippen molar-refractivity contribution in [1.82, 2.24) is 26.2 Å². The second-order valence-corrected chi connectivity index (χ2v) is 29.4. The number of ether oxygens (including phenoxy) is 8. The van der Waals surface area contributed by atoms with Crippen LogP contribution in [0.3, 0.4) is 0 Å². The van der Waals surface area contributed by atoms with Gasteiger partial charge in [-0.15, -0.1) is 0 Å². The number of nitrogens with one attached hydrogen (secondary N) is 4. The van der Waals surface area contributed by atoms with Crippen molar-refractivity contribution in [2.24, 2.45) is 5.73 Å². The summed E-state index contributed by atoms with van der Waals surface area (Å²) >= 11 is 0. The van der Waals surface area contributed by atoms with Gasteiger partial charge in [0.05, 0.1) is 0 Å². The third-order valence-electron chi connectivity index (χ3n) is 11.8. The molecule has 6 N–H and O–H groups in total. The van der Waals surface area contributed by atoms with Gasteiger partial charge in [0.1, 0.15) is 82.1 Å². The quantitative estimate of drug-likeness (QED) is 0.0374. The molecule has 0 bridgehead atoms. The Labute approximate surface area is 548 Å². The van der Waals surface area contributed by atoms with Gasteiger partial charge < -0.3 is 64.9 Å². The maximum Gasteiger partial charge on any atom is 0.417 e. The first-order chi connectivity index (χ1) is 42.2. The number of carbonyl (C=O) groups excluding carboxylic acids is 13. The summed E-state index contributed by atoms with van der Waals surface area (Å²) in [6, 6.07) is -0.483. The van der Waals surface area contributed by atoms with Gasteiger partial charge in [0.25, 0.3) is 0 Å². The van der Waals surface area contributed by atoms with Crippen LogP contribution in [0, 0.1) is 0 Å². The lowest BCUT2D eigenvalue weighted by molar-refractivity contribution is -0.166. The van der Waals surface area contributed by atoms with Crippen LogP contribution in [0.15, 0.2) is 30.3 Å². The van der Waals surface area contributed by atoms with Crippen LogP contribution >= 0.6 is 0 Å². The Bertz CT molecular complexity index is 2740. The molecule has 1 rings (SSSR count). The SMILES string of the molecule is CC(C)(C)OC(=O)CC[C@@H](C(=O)OC(C)(C)C)N(C(=O)CC[C@H](NC(=O)CC[C@H](NC(=O)CC[C@H](NC(=O)CC[C@H](NC(=O)CC[C@H](N)C(=O)OC(C)(C)C)C(=O)OC(C)(C)C)C(=O)OC(C)(C)C)C(=O)OC(C)(C)C)C(=O)OC(C)(C)C)C(=O)OCc1ccccc1. The Balaban J connectivity index is 3.54. The summed E-state index contributed by atoms with van der Waals surface area (Å²) in [6.07, 6.45) is -6.60. The number of rotatable bonds is 31. The van der Waals surface area contributed by atoms with Crippen molar-refractivity contribution in [2.45, 2.75) is 305 Å². The summed E-state index contributed by atoms with van der Waals surface area (Å²) in [6.45, 7) is 33.1. The van der Waals surface area contributed by atoms with Crippen molar-refractivity contribution in [2.75, 3.05) is 0 Å². The van der Waals surface area contributed by atoms with Crippen molar-refractivity contribution in [3.8, 4) is 0 Å². The van der Waals surface area contributed by atoms with Gasteiger partial charge >= 0.3 is 47.9 Å². The summed E-state index contributed by atoms with van der Waals surface area (Å²) < 4.78 is 44.2. The Kier molecular flexibility index (Phi) is 32.3. The lowest BCUT2D eigenvalue weighted by atomic mass is 10.1. The second kappa shape index (κ2) is 36.1. The predicted octanol–water partition coefficient (Wildman–Crippen LogP) is 6.86. The first-order valence-corrected chi connectivity index (χ1v) is 31.3. The van der Waals surface area contributed by atoms with Crippen LogP contribution in [0.4, 0.5) is 4.79 Å². The minimum atomic E-state index is -1.75. The zero-order valence-electron chi connectivity index (χ0n) is 58.6. The minimum absolute atomic E-state index is 0.133. The topological polar surface area (TPSA) is 373 Å². The number of amides is 6. The molecule has 0 spiro atoms. The number of hydrogen-bond donors (Lipinski definition) is 5. The van der Waals surface area contributed by atoms with Crippen molar-refractivity contribution >= 4 is 77.4 Å². The smallest absolute Gasteiger partial charge is 0.417 e. The van der Waals surface area contributed by atoms with E-state index in [4.69, 9.17) is 43.6 Å². The highest BCUT2D eigenvalue weighted by Crippen LogP contribution is 2.23. The highest BCUT2D eigenvalue weighted by molar-refractivity contribution is 5.98. The number of hydrogen-bond acceptors (Lipinski definition) is 22. The highest BCUT2D eigenvalue weighted by Gasteiger charge is 2.41. The molecule has 1 aromatic carbocycles. The van der Waals surface area contributed by atoms with Crippen LogP contribution in [0.5, 0.6) is 0 Å². The summed E-state index contributed by atoms with van der Waals surface area (Å²) in [5.41, 5.74) is -0.729. The Morgan fingerprint density at radius 3 is 0.978 bits per heavy atom. The number of nitrogens with zero attached hydrogens (tertiary/aromatic N) is 1. The first kappa shape index (κ1) is 83.3. The summed E-state index contributed by atoms with van der Waals surface area (Å²) in [5, 5.41) is 10.1. The molecule has 0 saturated heterocycles. The van der Waals surface area contributed by atoms with Gasteiger partial charge in [-0.2, -0.15) is 0 Å². The Morgan fingerprint density at radius 1 is 0.366 bits per heavy atom. The summed E-state index contributed by atoms with van der Waals surface area (Å²) in [5.74, 6) is -10.6.